The molecule has 1 unspecified atom stereocenters. The van der Waals surface area contributed by atoms with Gasteiger partial charge >= 0.3 is 0 Å². The van der Waals surface area contributed by atoms with Crippen LogP contribution < -0.4 is 5.32 Å². The van der Waals surface area contributed by atoms with Crippen LogP contribution in [0.3, 0.4) is 0 Å². The van der Waals surface area contributed by atoms with E-state index in [4.69, 9.17) is 0 Å². The van der Waals surface area contributed by atoms with Crippen molar-refractivity contribution in [1.29, 1.82) is 0 Å². The van der Waals surface area contributed by atoms with Crippen LogP contribution in [-0.4, -0.2) is 23.9 Å². The maximum Gasteiger partial charge on any atom is 0.128 e. The molecule has 110 valence electrons. The lowest BCUT2D eigenvalue weighted by Crippen LogP contribution is -2.02. The molecule has 2 aromatic carbocycles. The summed E-state index contributed by atoms with van der Waals surface area (Å²) in [5.41, 5.74) is 1.70. The Bertz CT molecular complexity index is 603. The second kappa shape index (κ2) is 6.50. The van der Waals surface area contributed by atoms with Crippen molar-refractivity contribution in [2.24, 2.45) is 0 Å². The van der Waals surface area contributed by atoms with Crippen LogP contribution in [0, 0.1) is 5.82 Å². The molecule has 1 aliphatic heterocycles. The van der Waals surface area contributed by atoms with E-state index in [0.717, 1.165) is 30.6 Å². The van der Waals surface area contributed by atoms with Gasteiger partial charge in [-0.25, -0.2) is 8.70 Å². The van der Waals surface area contributed by atoms with Gasteiger partial charge in [0.2, 0.25) is 0 Å². The summed E-state index contributed by atoms with van der Waals surface area (Å²) < 4.78 is 16.2. The molecule has 2 nitrogen and oxygen atoms in total. The van der Waals surface area contributed by atoms with Crippen LogP contribution in [-0.2, 0) is 6.42 Å². The second-order valence-electron chi connectivity index (χ2n) is 5.21. The van der Waals surface area contributed by atoms with E-state index in [1.165, 1.54) is 4.90 Å². The molecule has 0 bridgehead atoms. The highest BCUT2D eigenvalue weighted by Gasteiger charge is 2.34. The Balaban J connectivity index is 1.54. The number of hydrogen-bond acceptors (Lipinski definition) is 3. The van der Waals surface area contributed by atoms with Crippen molar-refractivity contribution in [2.45, 2.75) is 23.8 Å². The van der Waals surface area contributed by atoms with Crippen LogP contribution in [0.4, 0.5) is 10.1 Å². The lowest BCUT2D eigenvalue weighted by Gasteiger charge is -2.10. The van der Waals surface area contributed by atoms with Gasteiger partial charge in [-0.3, -0.25) is 0 Å². The van der Waals surface area contributed by atoms with E-state index in [0.29, 0.717) is 6.04 Å². The summed E-state index contributed by atoms with van der Waals surface area (Å²) in [5.74, 6) is -0.107. The third-order valence-corrected chi connectivity index (χ3v) is 4.91. The standard InChI is InChI=1S/C17H19FN2S/c1-19-17-9-5-8-16(18)15(17)11-10-13-12-20(13)21-14-6-3-2-4-7-14/h2-9,13,19H,10-12H2,1H3/t13-,20?/m0/s1. The minimum absolute atomic E-state index is 0.107. The van der Waals surface area contributed by atoms with Gasteiger partial charge in [-0.05, 0) is 49.1 Å². The Hall–Kier alpha value is -1.52. The Morgan fingerprint density at radius 2 is 2.00 bits per heavy atom. The topological polar surface area (TPSA) is 15.0 Å². The van der Waals surface area contributed by atoms with Crippen molar-refractivity contribution in [1.82, 2.24) is 4.31 Å². The minimum atomic E-state index is -0.107. The number of hydrogen-bond donors (Lipinski definition) is 1. The van der Waals surface area contributed by atoms with Crippen molar-refractivity contribution < 1.29 is 4.39 Å². The Morgan fingerprint density at radius 1 is 1.19 bits per heavy atom. The summed E-state index contributed by atoms with van der Waals surface area (Å²) in [5, 5.41) is 3.07. The number of rotatable bonds is 6. The van der Waals surface area contributed by atoms with Gasteiger partial charge in [0.05, 0.1) is 0 Å². The molecular weight excluding hydrogens is 283 g/mol. The first-order valence-corrected chi connectivity index (χ1v) is 8.00. The molecule has 0 aromatic heterocycles. The zero-order valence-corrected chi connectivity index (χ0v) is 12.9. The van der Waals surface area contributed by atoms with E-state index in [2.05, 4.69) is 33.9 Å². The first-order chi connectivity index (χ1) is 10.3. The molecule has 1 aliphatic rings. The quantitative estimate of drug-likeness (QED) is 0.636. The first-order valence-electron chi connectivity index (χ1n) is 7.22. The van der Waals surface area contributed by atoms with E-state index in [-0.39, 0.29) is 5.82 Å². The van der Waals surface area contributed by atoms with Crippen LogP contribution >= 0.6 is 11.9 Å². The Kier molecular flexibility index (Phi) is 4.46. The third kappa shape index (κ3) is 3.57. The molecule has 21 heavy (non-hydrogen) atoms. The lowest BCUT2D eigenvalue weighted by atomic mass is 10.1. The fourth-order valence-corrected chi connectivity index (χ4v) is 3.53. The molecule has 1 heterocycles. The highest BCUT2D eigenvalue weighted by molar-refractivity contribution is 7.97. The van der Waals surface area contributed by atoms with Gasteiger partial charge < -0.3 is 5.32 Å². The van der Waals surface area contributed by atoms with Gasteiger partial charge in [-0.15, -0.1) is 0 Å². The van der Waals surface area contributed by atoms with E-state index >= 15 is 0 Å². The molecule has 0 spiro atoms. The molecule has 2 aromatic rings. The molecule has 2 atom stereocenters. The molecule has 1 N–H and O–H groups in total. The van der Waals surface area contributed by atoms with E-state index in [1.54, 1.807) is 24.1 Å². The monoisotopic (exact) mass is 302 g/mol. The fourth-order valence-electron chi connectivity index (χ4n) is 2.48. The van der Waals surface area contributed by atoms with Gasteiger partial charge in [-0.2, -0.15) is 0 Å². The van der Waals surface area contributed by atoms with Gasteiger partial charge in [0, 0.05) is 35.8 Å². The summed E-state index contributed by atoms with van der Waals surface area (Å²) in [6, 6.07) is 16.2. The summed E-state index contributed by atoms with van der Waals surface area (Å²) in [4.78, 5) is 1.27. The maximum absolute atomic E-state index is 13.9. The molecule has 0 aliphatic carbocycles. The first kappa shape index (κ1) is 14.4. The van der Waals surface area contributed by atoms with Crippen LogP contribution in [0.1, 0.15) is 12.0 Å². The summed E-state index contributed by atoms with van der Waals surface area (Å²) >= 11 is 1.79. The zero-order valence-electron chi connectivity index (χ0n) is 12.1. The second-order valence-corrected chi connectivity index (χ2v) is 6.34. The molecule has 0 saturated carbocycles. The average Bonchev–Trinajstić information content (AvgIpc) is 3.25. The summed E-state index contributed by atoms with van der Waals surface area (Å²) in [6.45, 7) is 1.09. The molecule has 1 saturated heterocycles. The zero-order chi connectivity index (χ0) is 14.7. The number of nitrogens with one attached hydrogen (secondary N) is 1. The predicted molar refractivity (Wildman–Crippen MR) is 87.1 cm³/mol. The van der Waals surface area contributed by atoms with Crippen LogP contribution in [0.15, 0.2) is 53.4 Å². The molecule has 0 amide bonds. The van der Waals surface area contributed by atoms with Crippen molar-refractivity contribution in [3.05, 3.63) is 59.9 Å². The van der Waals surface area contributed by atoms with E-state index < -0.39 is 0 Å². The molecular formula is C17H19FN2S. The summed E-state index contributed by atoms with van der Waals surface area (Å²) in [6.07, 6.45) is 1.77. The van der Waals surface area contributed by atoms with Gasteiger partial charge in [-0.1, -0.05) is 24.3 Å². The number of halogens is 1. The average molecular weight is 302 g/mol. The molecule has 1 fully saturated rings. The number of nitrogens with zero attached hydrogens (tertiary/aromatic N) is 1. The molecule has 0 radical (unpaired) electrons. The third-order valence-electron chi connectivity index (χ3n) is 3.75. The smallest absolute Gasteiger partial charge is 0.128 e. The van der Waals surface area contributed by atoms with Gasteiger partial charge in [0.15, 0.2) is 0 Å². The van der Waals surface area contributed by atoms with Crippen LogP contribution in [0.2, 0.25) is 0 Å². The number of benzene rings is 2. The van der Waals surface area contributed by atoms with Crippen molar-refractivity contribution in [3.8, 4) is 0 Å². The SMILES string of the molecule is CNc1cccc(F)c1CC[C@H]1CN1Sc1ccccc1. The van der Waals surface area contributed by atoms with Crippen molar-refractivity contribution in [2.75, 3.05) is 18.9 Å². The van der Waals surface area contributed by atoms with Gasteiger partial charge in [0.25, 0.3) is 0 Å². The van der Waals surface area contributed by atoms with Gasteiger partial charge in [0.1, 0.15) is 5.82 Å². The molecule has 3 rings (SSSR count). The Labute approximate surface area is 129 Å². The lowest BCUT2D eigenvalue weighted by molar-refractivity contribution is 0.600. The van der Waals surface area contributed by atoms with Crippen molar-refractivity contribution >= 4 is 17.6 Å². The fraction of sp³-hybridized carbons (Fsp3) is 0.294. The van der Waals surface area contributed by atoms with Crippen LogP contribution in [0.5, 0.6) is 0 Å². The Morgan fingerprint density at radius 3 is 2.76 bits per heavy atom. The van der Waals surface area contributed by atoms with E-state index in [1.807, 2.05) is 19.2 Å². The summed E-state index contributed by atoms with van der Waals surface area (Å²) in [7, 11) is 1.84. The van der Waals surface area contributed by atoms with E-state index in [9.17, 15) is 4.39 Å². The largest absolute Gasteiger partial charge is 0.388 e. The predicted octanol–water partition coefficient (Wildman–Crippen LogP) is 4.19. The highest BCUT2D eigenvalue weighted by atomic mass is 32.2. The maximum atomic E-state index is 13.9. The molecule has 4 heteroatoms. The number of anilines is 1. The normalized spacial score (nSPS) is 20.3. The highest BCUT2D eigenvalue weighted by Crippen LogP contribution is 2.36. The van der Waals surface area contributed by atoms with Crippen LogP contribution in [0.25, 0.3) is 0 Å². The van der Waals surface area contributed by atoms with Crippen molar-refractivity contribution in [3.63, 3.8) is 0 Å². The minimum Gasteiger partial charge on any atom is -0.388 e.